The Labute approximate surface area is 140 Å². The molecule has 3 rings (SSSR count). The van der Waals surface area contributed by atoms with Crippen molar-refractivity contribution < 1.29 is 14.3 Å². The molecule has 0 saturated heterocycles. The molecule has 1 amide bonds. The summed E-state index contributed by atoms with van der Waals surface area (Å²) in [6.45, 7) is 6.27. The molecule has 0 radical (unpaired) electrons. The summed E-state index contributed by atoms with van der Waals surface area (Å²) in [6, 6.07) is 5.58. The van der Waals surface area contributed by atoms with Crippen molar-refractivity contribution in [3.8, 4) is 11.5 Å². The van der Waals surface area contributed by atoms with Crippen LogP contribution in [0.4, 0.5) is 11.5 Å². The van der Waals surface area contributed by atoms with Crippen LogP contribution in [-0.2, 0) is 0 Å². The van der Waals surface area contributed by atoms with Crippen molar-refractivity contribution in [2.24, 2.45) is 0 Å². The average molecular weight is 328 g/mol. The number of amides is 1. The van der Waals surface area contributed by atoms with Gasteiger partial charge in [0.05, 0.1) is 12.4 Å². The largest absolute Gasteiger partial charge is 0.486 e. The van der Waals surface area contributed by atoms with Crippen LogP contribution in [0.5, 0.6) is 11.5 Å². The number of benzene rings is 1. The van der Waals surface area contributed by atoms with E-state index in [4.69, 9.17) is 9.47 Å². The van der Waals surface area contributed by atoms with E-state index < -0.39 is 0 Å². The van der Waals surface area contributed by atoms with Crippen LogP contribution in [0.3, 0.4) is 0 Å². The summed E-state index contributed by atoms with van der Waals surface area (Å²) in [7, 11) is 0. The summed E-state index contributed by atoms with van der Waals surface area (Å²) in [6.07, 6.45) is 3.04. The molecular formula is C17H20N4O3. The summed E-state index contributed by atoms with van der Waals surface area (Å²) in [4.78, 5) is 22.4. The molecule has 24 heavy (non-hydrogen) atoms. The molecule has 1 aliphatic heterocycles. The van der Waals surface area contributed by atoms with Crippen LogP contribution in [0.1, 0.15) is 24.3 Å². The van der Waals surface area contributed by atoms with Gasteiger partial charge in [-0.2, -0.15) is 0 Å². The monoisotopic (exact) mass is 328 g/mol. The molecule has 0 atom stereocenters. The summed E-state index contributed by atoms with van der Waals surface area (Å²) in [5.74, 6) is 1.88. The summed E-state index contributed by atoms with van der Waals surface area (Å²) in [5.41, 5.74) is 1.16. The number of aromatic nitrogens is 2. The van der Waals surface area contributed by atoms with Gasteiger partial charge in [0.25, 0.3) is 5.91 Å². The molecule has 0 bridgehead atoms. The van der Waals surface area contributed by atoms with Gasteiger partial charge in [0.1, 0.15) is 24.7 Å². The zero-order valence-corrected chi connectivity index (χ0v) is 13.8. The molecule has 1 aliphatic rings. The first-order valence-electron chi connectivity index (χ1n) is 7.99. The maximum absolute atomic E-state index is 12.2. The normalized spacial score (nSPS) is 12.6. The quantitative estimate of drug-likeness (QED) is 0.908. The van der Waals surface area contributed by atoms with Gasteiger partial charge in [-0.15, -0.1) is 0 Å². The van der Waals surface area contributed by atoms with Gasteiger partial charge < -0.3 is 19.7 Å². The fourth-order valence-electron chi connectivity index (χ4n) is 2.44. The average Bonchev–Trinajstić information content (AvgIpc) is 2.63. The van der Waals surface area contributed by atoms with Crippen molar-refractivity contribution in [3.05, 3.63) is 36.3 Å². The maximum Gasteiger partial charge on any atom is 0.274 e. The topological polar surface area (TPSA) is 76.6 Å². The van der Waals surface area contributed by atoms with Gasteiger partial charge in [0, 0.05) is 24.8 Å². The molecule has 7 heteroatoms. The number of hydrogen-bond acceptors (Lipinski definition) is 6. The Morgan fingerprint density at radius 1 is 1.12 bits per heavy atom. The number of carbonyl (C=O) groups excluding carboxylic acids is 1. The first-order chi connectivity index (χ1) is 11.7. The Hall–Kier alpha value is -2.83. The molecule has 1 N–H and O–H groups in total. The predicted molar refractivity (Wildman–Crippen MR) is 90.0 cm³/mol. The van der Waals surface area contributed by atoms with Crippen molar-refractivity contribution >= 4 is 17.4 Å². The smallest absolute Gasteiger partial charge is 0.274 e. The number of nitrogens with one attached hydrogen (secondary N) is 1. The molecular weight excluding hydrogens is 308 g/mol. The highest BCUT2D eigenvalue weighted by molar-refractivity contribution is 5.92. The van der Waals surface area contributed by atoms with E-state index in [0.29, 0.717) is 43.6 Å². The van der Waals surface area contributed by atoms with E-state index in [9.17, 15) is 4.79 Å². The lowest BCUT2D eigenvalue weighted by Gasteiger charge is -2.19. The Morgan fingerprint density at radius 3 is 2.54 bits per heavy atom. The Kier molecular flexibility index (Phi) is 4.79. The second kappa shape index (κ2) is 7.16. The lowest BCUT2D eigenvalue weighted by atomic mass is 10.2. The van der Waals surface area contributed by atoms with Gasteiger partial charge in [0.15, 0.2) is 11.5 Å². The van der Waals surface area contributed by atoms with E-state index in [1.807, 2.05) is 32.0 Å². The molecule has 126 valence electrons. The standard InChI is InChI=1S/C17H20N4O3/c1-3-21(4-2)17(22)13-10-19-16(11-18-13)20-12-5-6-14-15(9-12)24-8-7-23-14/h5-6,9-11H,3-4,7-8H2,1-2H3,(H,19,20). The fourth-order valence-corrected chi connectivity index (χ4v) is 2.44. The van der Waals surface area contributed by atoms with E-state index >= 15 is 0 Å². The summed E-state index contributed by atoms with van der Waals surface area (Å²) < 4.78 is 11.0. The third-order valence-corrected chi connectivity index (χ3v) is 3.74. The van der Waals surface area contributed by atoms with Gasteiger partial charge in [0.2, 0.25) is 0 Å². The molecule has 2 heterocycles. The second-order valence-corrected chi connectivity index (χ2v) is 5.25. The van der Waals surface area contributed by atoms with Crippen LogP contribution in [0.2, 0.25) is 0 Å². The number of ether oxygens (including phenoxy) is 2. The third kappa shape index (κ3) is 3.40. The van der Waals surface area contributed by atoms with Crippen LogP contribution in [-0.4, -0.2) is 47.1 Å². The van der Waals surface area contributed by atoms with Gasteiger partial charge in [-0.05, 0) is 26.0 Å². The number of anilines is 2. The first kappa shape index (κ1) is 16.0. The van der Waals surface area contributed by atoms with Crippen LogP contribution < -0.4 is 14.8 Å². The number of carbonyl (C=O) groups is 1. The first-order valence-corrected chi connectivity index (χ1v) is 7.99. The van der Waals surface area contributed by atoms with Crippen LogP contribution in [0, 0.1) is 0 Å². The fraction of sp³-hybridized carbons (Fsp3) is 0.353. The molecule has 0 saturated carbocycles. The zero-order valence-electron chi connectivity index (χ0n) is 13.8. The van der Waals surface area contributed by atoms with E-state index in [-0.39, 0.29) is 5.91 Å². The molecule has 0 aliphatic carbocycles. The van der Waals surface area contributed by atoms with E-state index in [2.05, 4.69) is 15.3 Å². The van der Waals surface area contributed by atoms with Gasteiger partial charge in [-0.25, -0.2) is 9.97 Å². The lowest BCUT2D eigenvalue weighted by molar-refractivity contribution is 0.0766. The van der Waals surface area contributed by atoms with E-state index in [1.165, 1.54) is 6.20 Å². The third-order valence-electron chi connectivity index (χ3n) is 3.74. The Bertz CT molecular complexity index is 714. The minimum Gasteiger partial charge on any atom is -0.486 e. The van der Waals surface area contributed by atoms with Crippen molar-refractivity contribution in [2.75, 3.05) is 31.6 Å². The Balaban J connectivity index is 1.71. The summed E-state index contributed by atoms with van der Waals surface area (Å²) in [5, 5.41) is 3.14. The molecule has 1 aromatic heterocycles. The molecule has 0 fully saturated rings. The number of rotatable bonds is 5. The van der Waals surface area contributed by atoms with E-state index in [1.54, 1.807) is 11.1 Å². The van der Waals surface area contributed by atoms with E-state index in [0.717, 1.165) is 11.4 Å². The second-order valence-electron chi connectivity index (χ2n) is 5.25. The molecule has 1 aromatic carbocycles. The SMILES string of the molecule is CCN(CC)C(=O)c1cnc(Nc2ccc3c(c2)OCCO3)cn1. The summed E-state index contributed by atoms with van der Waals surface area (Å²) >= 11 is 0. The van der Waals surface area contributed by atoms with Crippen LogP contribution >= 0.6 is 0 Å². The maximum atomic E-state index is 12.2. The highest BCUT2D eigenvalue weighted by Crippen LogP contribution is 2.33. The predicted octanol–water partition coefficient (Wildman–Crippen LogP) is 2.47. The molecule has 0 spiro atoms. The number of hydrogen-bond donors (Lipinski definition) is 1. The van der Waals surface area contributed by atoms with Gasteiger partial charge in [-0.3, -0.25) is 4.79 Å². The minimum atomic E-state index is -0.113. The van der Waals surface area contributed by atoms with Gasteiger partial charge in [-0.1, -0.05) is 0 Å². The van der Waals surface area contributed by atoms with Crippen molar-refractivity contribution in [3.63, 3.8) is 0 Å². The number of nitrogens with zero attached hydrogens (tertiary/aromatic N) is 3. The van der Waals surface area contributed by atoms with Crippen molar-refractivity contribution in [1.82, 2.24) is 14.9 Å². The van der Waals surface area contributed by atoms with Crippen LogP contribution in [0.25, 0.3) is 0 Å². The van der Waals surface area contributed by atoms with Crippen molar-refractivity contribution in [1.29, 1.82) is 0 Å². The highest BCUT2D eigenvalue weighted by atomic mass is 16.6. The molecule has 7 nitrogen and oxygen atoms in total. The zero-order chi connectivity index (χ0) is 16.9. The number of fused-ring (bicyclic) bond motifs is 1. The van der Waals surface area contributed by atoms with Crippen molar-refractivity contribution in [2.45, 2.75) is 13.8 Å². The molecule has 2 aromatic rings. The minimum absolute atomic E-state index is 0.113. The Morgan fingerprint density at radius 2 is 1.88 bits per heavy atom. The van der Waals surface area contributed by atoms with Gasteiger partial charge >= 0.3 is 0 Å². The van der Waals surface area contributed by atoms with Crippen LogP contribution in [0.15, 0.2) is 30.6 Å². The highest BCUT2D eigenvalue weighted by Gasteiger charge is 2.15. The lowest BCUT2D eigenvalue weighted by Crippen LogP contribution is -2.31. The molecule has 0 unspecified atom stereocenters.